The minimum Gasteiger partial charge on any atom is -0.315 e. The largest absolute Gasteiger partial charge is 0.315 e. The Kier molecular flexibility index (Phi) is 6.45. The third-order valence-corrected chi connectivity index (χ3v) is 17.1. The molecule has 0 bridgehead atoms. The molecule has 44 heavy (non-hydrogen) atoms. The molecular weight excluding hydrogens is 580 g/mol. The predicted molar refractivity (Wildman–Crippen MR) is 187 cm³/mol. The first-order valence-corrected chi connectivity index (χ1v) is 19.7. The highest BCUT2D eigenvalue weighted by Gasteiger charge is 2.77. The summed E-state index contributed by atoms with van der Waals surface area (Å²) in [7, 11) is 8.18. The van der Waals surface area contributed by atoms with Crippen LogP contribution in [0.5, 0.6) is 5.75 Å². The quantitative estimate of drug-likeness (QED) is 0.155. The molecule has 0 aromatic heterocycles. The van der Waals surface area contributed by atoms with E-state index in [0.717, 1.165) is 28.5 Å². The van der Waals surface area contributed by atoms with Gasteiger partial charge in [0.15, 0.2) is 5.75 Å². The minimum atomic E-state index is -2.41. The van der Waals surface area contributed by atoms with Crippen LogP contribution in [0.15, 0.2) is 70.7 Å². The minimum absolute atomic E-state index is 0.0399. The number of hydrogen-bond donors (Lipinski definition) is 0. The molecule has 0 N–H and O–H groups in total. The van der Waals surface area contributed by atoms with Gasteiger partial charge in [0, 0.05) is 27.3 Å². The molecule has 0 spiro atoms. The summed E-state index contributed by atoms with van der Waals surface area (Å²) in [4.78, 5) is 10.7. The molecule has 0 saturated heterocycles. The molecule has 0 radical (unpaired) electrons. The molecule has 6 heteroatoms. The standard InChI is InChI=1S/C38H46FN2OSSi/c1-22-12-14-27-28-15-13-24(18-31(28)37(3,4)30(27)16-22)29-20-26(39)21-32(35(29)42-41(7,8)9)44(10,11)38-33(40(5)6)19-25-17-23(2)43-36(38)34(25)38/h12-18,20-21,33,36H,19H2,1-11H3/q+1/t33-,36?,38+/m1/s1. The Balaban J connectivity index is 1.43. The number of hydrogen-bond acceptors (Lipinski definition) is 3. The van der Waals surface area contributed by atoms with Gasteiger partial charge in [-0.2, -0.15) is 0 Å². The normalized spacial score (nSPS) is 24.7. The zero-order valence-corrected chi connectivity index (χ0v) is 30.0. The number of allylic oxidation sites excluding steroid dienone is 2. The first-order valence-electron chi connectivity index (χ1n) is 15.8. The maximum Gasteiger partial charge on any atom is 0.197 e. The van der Waals surface area contributed by atoms with Gasteiger partial charge in [-0.05, 0) is 108 Å². The molecule has 1 saturated carbocycles. The Morgan fingerprint density at radius 3 is 2.25 bits per heavy atom. The fraction of sp³-hybridized carbons (Fsp3) is 0.421. The van der Waals surface area contributed by atoms with Crippen LogP contribution >= 0.6 is 11.8 Å². The molecule has 3 aromatic rings. The van der Waals surface area contributed by atoms with Crippen LogP contribution < -0.4 is 10.0 Å². The number of halogens is 1. The van der Waals surface area contributed by atoms with E-state index in [4.69, 9.17) is 4.84 Å². The lowest BCUT2D eigenvalue weighted by Gasteiger charge is -2.42. The van der Waals surface area contributed by atoms with Crippen molar-refractivity contribution in [3.05, 3.63) is 93.2 Å². The topological polar surface area (TPSA) is 12.5 Å². The van der Waals surface area contributed by atoms with Gasteiger partial charge in [0.2, 0.25) is 0 Å². The number of fused-ring (bicyclic) bond motifs is 4. The van der Waals surface area contributed by atoms with E-state index in [1.54, 1.807) is 11.6 Å². The summed E-state index contributed by atoms with van der Waals surface area (Å²) in [6.45, 7) is 14.0. The third kappa shape index (κ3) is 4.06. The van der Waals surface area contributed by atoms with Crippen molar-refractivity contribution in [1.29, 1.82) is 0 Å². The second-order valence-electron chi connectivity index (χ2n) is 15.6. The van der Waals surface area contributed by atoms with E-state index >= 15 is 4.39 Å². The second kappa shape index (κ2) is 9.44. The molecule has 3 aliphatic carbocycles. The van der Waals surface area contributed by atoms with Gasteiger partial charge < -0.3 is 9.74 Å². The van der Waals surface area contributed by atoms with Crippen LogP contribution in [0.3, 0.4) is 0 Å². The van der Waals surface area contributed by atoms with E-state index in [1.165, 1.54) is 38.3 Å². The van der Waals surface area contributed by atoms with E-state index in [1.807, 2.05) is 39.0 Å². The smallest absolute Gasteiger partial charge is 0.197 e. The summed E-state index contributed by atoms with van der Waals surface area (Å²) in [5, 5.41) is 1.60. The van der Waals surface area contributed by atoms with Crippen molar-refractivity contribution < 1.29 is 13.9 Å². The predicted octanol–water partition coefficient (Wildman–Crippen LogP) is 8.43. The molecule has 1 aliphatic heterocycles. The van der Waals surface area contributed by atoms with E-state index < -0.39 is 8.07 Å². The van der Waals surface area contributed by atoms with Crippen molar-refractivity contribution in [1.82, 2.24) is 4.90 Å². The molecule has 4 aliphatic rings. The number of benzene rings is 3. The van der Waals surface area contributed by atoms with Gasteiger partial charge in [0.1, 0.15) is 27.0 Å². The summed E-state index contributed by atoms with van der Waals surface area (Å²) in [5.41, 5.74) is 11.4. The van der Waals surface area contributed by atoms with Crippen LogP contribution in [0.2, 0.25) is 18.1 Å². The third-order valence-electron chi connectivity index (χ3n) is 10.9. The number of nitrogens with zero attached hydrogens (tertiary/aromatic N) is 2. The molecule has 3 atom stereocenters. The van der Waals surface area contributed by atoms with Gasteiger partial charge in [-0.15, -0.1) is 16.4 Å². The number of hydroxylamine groups is 3. The fourth-order valence-electron chi connectivity index (χ4n) is 8.90. The lowest BCUT2D eigenvalue weighted by Crippen LogP contribution is -2.56. The summed E-state index contributed by atoms with van der Waals surface area (Å²) in [6.07, 6.45) is 3.49. The summed E-state index contributed by atoms with van der Waals surface area (Å²) < 4.78 is 16.4. The molecule has 1 heterocycles. The van der Waals surface area contributed by atoms with Crippen LogP contribution in [0.4, 0.5) is 4.39 Å². The molecule has 3 nitrogen and oxygen atoms in total. The zero-order valence-electron chi connectivity index (χ0n) is 28.1. The van der Waals surface area contributed by atoms with Crippen LogP contribution in [0.1, 0.15) is 43.9 Å². The first-order chi connectivity index (χ1) is 20.5. The Labute approximate surface area is 268 Å². The van der Waals surface area contributed by atoms with Crippen molar-refractivity contribution >= 4 is 25.0 Å². The summed E-state index contributed by atoms with van der Waals surface area (Å²) >= 11 is 2.02. The average Bonchev–Trinajstić information content (AvgIpc) is 3.37. The number of aryl methyl sites for hydroxylation is 1. The maximum absolute atomic E-state index is 16.1. The van der Waals surface area contributed by atoms with Crippen molar-refractivity contribution in [2.24, 2.45) is 0 Å². The summed E-state index contributed by atoms with van der Waals surface area (Å²) in [5.74, 6) is 0.664. The van der Waals surface area contributed by atoms with Crippen LogP contribution in [0, 0.1) is 12.7 Å². The van der Waals surface area contributed by atoms with Crippen molar-refractivity contribution in [3.8, 4) is 28.0 Å². The van der Waals surface area contributed by atoms with Crippen molar-refractivity contribution in [2.45, 2.75) is 69.0 Å². The molecule has 0 amide bonds. The van der Waals surface area contributed by atoms with E-state index in [2.05, 4.69) is 102 Å². The van der Waals surface area contributed by atoms with Crippen molar-refractivity contribution in [2.75, 3.05) is 35.2 Å². The molecule has 1 unspecified atom stereocenters. The van der Waals surface area contributed by atoms with Crippen LogP contribution in [-0.4, -0.2) is 64.2 Å². The van der Waals surface area contributed by atoms with Gasteiger partial charge in [-0.25, -0.2) is 4.39 Å². The molecular formula is C38H46FN2OSSi+. The first kappa shape index (κ1) is 30.0. The summed E-state index contributed by atoms with van der Waals surface area (Å²) in [6, 6.07) is 17.4. The lowest BCUT2D eigenvalue weighted by atomic mass is 9.81. The van der Waals surface area contributed by atoms with E-state index in [0.29, 0.717) is 15.9 Å². The highest BCUT2D eigenvalue weighted by atomic mass is 32.2. The van der Waals surface area contributed by atoms with E-state index in [-0.39, 0.29) is 16.3 Å². The second-order valence-corrected chi connectivity index (χ2v) is 21.6. The van der Waals surface area contributed by atoms with Gasteiger partial charge in [0.25, 0.3) is 0 Å². The molecule has 7 rings (SSSR count). The Bertz CT molecular complexity index is 1810. The van der Waals surface area contributed by atoms with Gasteiger partial charge >= 0.3 is 0 Å². The Morgan fingerprint density at radius 2 is 1.59 bits per heavy atom. The van der Waals surface area contributed by atoms with Gasteiger partial charge in [0.05, 0.1) is 8.07 Å². The Morgan fingerprint density at radius 1 is 0.932 bits per heavy atom. The monoisotopic (exact) mass is 625 g/mol. The van der Waals surface area contributed by atoms with Crippen molar-refractivity contribution in [3.63, 3.8) is 0 Å². The molecule has 1 fully saturated rings. The van der Waals surface area contributed by atoms with E-state index in [9.17, 15) is 0 Å². The number of quaternary nitrogens is 1. The highest BCUT2D eigenvalue weighted by Crippen LogP contribution is 2.80. The molecule has 3 aromatic carbocycles. The lowest BCUT2D eigenvalue weighted by molar-refractivity contribution is -1.03. The van der Waals surface area contributed by atoms with Gasteiger partial charge in [-0.3, -0.25) is 0 Å². The molecule has 230 valence electrons. The van der Waals surface area contributed by atoms with Crippen LogP contribution in [0.25, 0.3) is 22.3 Å². The van der Waals surface area contributed by atoms with Gasteiger partial charge in [-0.1, -0.05) is 62.8 Å². The Hall–Kier alpha value is -2.64. The van der Waals surface area contributed by atoms with Crippen LogP contribution in [-0.2, 0) is 5.41 Å². The number of rotatable bonds is 6. The maximum atomic E-state index is 16.1. The highest BCUT2D eigenvalue weighted by molar-refractivity contribution is 8.04. The fourth-order valence-corrected chi connectivity index (χ4v) is 16.1. The SMILES string of the molecule is CC1=CC2=C3C(S1)[C@]3([Si](C)(C)c1cc(F)cc(-c3ccc4c(c3)C(C)(C)c3cc(C)ccc3-4)c1O[N+](C)(C)C)[C@H](N(C)C)C2. The zero-order chi connectivity index (χ0) is 31.7. The number of thioether (sulfide) groups is 1. The average molecular weight is 626 g/mol.